The molecule has 2 aromatic rings. The van der Waals surface area contributed by atoms with E-state index >= 15 is 0 Å². The van der Waals surface area contributed by atoms with Crippen molar-refractivity contribution in [3.05, 3.63) is 30.9 Å². The Labute approximate surface area is 88.8 Å². The maximum Gasteiger partial charge on any atom is 0.244 e. The van der Waals surface area contributed by atoms with Crippen molar-refractivity contribution in [1.82, 2.24) is 19.7 Å². The van der Waals surface area contributed by atoms with Crippen molar-refractivity contribution >= 4 is 0 Å². The highest BCUT2D eigenvalue weighted by atomic mass is 15.2. The Morgan fingerprint density at radius 2 is 2.47 bits per heavy atom. The molecular formula is C10H15N5. The number of nitrogens with zero attached hydrogens (tertiary/aromatic N) is 5. The van der Waals surface area contributed by atoms with Crippen LogP contribution in [0.4, 0.5) is 0 Å². The monoisotopic (exact) mass is 205 g/mol. The number of hydrogen-bond acceptors (Lipinski definition) is 2. The van der Waals surface area contributed by atoms with Gasteiger partial charge in [0.2, 0.25) is 6.33 Å². The minimum absolute atomic E-state index is 0.694. The van der Waals surface area contributed by atoms with Gasteiger partial charge >= 0.3 is 0 Å². The molecular weight excluding hydrogens is 190 g/mol. The van der Waals surface area contributed by atoms with Crippen LogP contribution >= 0.6 is 0 Å². The third-order valence-corrected chi connectivity index (χ3v) is 2.27. The van der Waals surface area contributed by atoms with E-state index in [1.54, 1.807) is 0 Å². The molecule has 0 aliphatic carbocycles. The van der Waals surface area contributed by atoms with Gasteiger partial charge in [0.15, 0.2) is 0 Å². The molecule has 5 nitrogen and oxygen atoms in total. The minimum Gasteiger partial charge on any atom is -0.366 e. The van der Waals surface area contributed by atoms with Crippen LogP contribution in [0.5, 0.6) is 0 Å². The second kappa shape index (κ2) is 4.72. The van der Waals surface area contributed by atoms with E-state index in [2.05, 4.69) is 43.8 Å². The lowest BCUT2D eigenvalue weighted by Crippen LogP contribution is -2.32. The molecule has 0 bridgehead atoms. The molecule has 0 amide bonds. The molecule has 0 saturated carbocycles. The lowest BCUT2D eigenvalue weighted by atomic mass is 10.3. The molecule has 0 aliphatic rings. The summed E-state index contributed by atoms with van der Waals surface area (Å²) in [6.07, 6.45) is 10.1. The zero-order valence-corrected chi connectivity index (χ0v) is 8.87. The summed E-state index contributed by atoms with van der Waals surface area (Å²) in [5.41, 5.74) is 0. The molecule has 0 saturated heterocycles. The lowest BCUT2D eigenvalue weighted by Gasteiger charge is -1.96. The molecule has 2 rings (SSSR count). The van der Waals surface area contributed by atoms with Crippen LogP contribution in [0.15, 0.2) is 25.0 Å². The van der Waals surface area contributed by atoms with Crippen LogP contribution < -0.4 is 9.55 Å². The van der Waals surface area contributed by atoms with E-state index in [0.717, 1.165) is 12.4 Å². The van der Waals surface area contributed by atoms with Gasteiger partial charge in [-0.15, -0.1) is 0 Å². The minimum atomic E-state index is 0.694. The van der Waals surface area contributed by atoms with Gasteiger partial charge in [-0.2, -0.15) is 0 Å². The number of aryl methyl sites for hydroxylation is 1. The van der Waals surface area contributed by atoms with Crippen molar-refractivity contribution in [2.45, 2.75) is 32.9 Å². The van der Waals surface area contributed by atoms with Gasteiger partial charge in [-0.1, -0.05) is 13.3 Å². The summed E-state index contributed by atoms with van der Waals surface area (Å²) in [7, 11) is 0. The Bertz CT molecular complexity index is 390. The Morgan fingerprint density at radius 3 is 3.20 bits per heavy atom. The summed E-state index contributed by atoms with van der Waals surface area (Å²) in [5, 5.41) is 7.59. The summed E-state index contributed by atoms with van der Waals surface area (Å²) in [5.74, 6) is 0.758. The molecule has 0 fully saturated rings. The SMILES string of the molecule is CCCCn1cc[n+](Cc2nnc[n-]2)c1. The lowest BCUT2D eigenvalue weighted by molar-refractivity contribution is -0.688. The maximum atomic E-state index is 4.03. The Balaban J connectivity index is 1.95. The van der Waals surface area contributed by atoms with Crippen LogP contribution in [0.1, 0.15) is 25.6 Å². The van der Waals surface area contributed by atoms with Crippen LogP contribution in [0, 0.1) is 0 Å². The molecule has 0 aromatic carbocycles. The van der Waals surface area contributed by atoms with Gasteiger partial charge in [0.25, 0.3) is 0 Å². The van der Waals surface area contributed by atoms with Gasteiger partial charge in [0.1, 0.15) is 18.9 Å². The first-order valence-corrected chi connectivity index (χ1v) is 5.22. The Morgan fingerprint density at radius 1 is 1.53 bits per heavy atom. The molecule has 0 unspecified atom stereocenters. The number of imidazole rings is 1. The van der Waals surface area contributed by atoms with Crippen LogP contribution in [0.25, 0.3) is 0 Å². The molecule has 15 heavy (non-hydrogen) atoms. The molecule has 5 heteroatoms. The van der Waals surface area contributed by atoms with Crippen molar-refractivity contribution in [2.24, 2.45) is 0 Å². The molecule has 2 aromatic heterocycles. The predicted octanol–water partition coefficient (Wildman–Crippen LogP) is 0.371. The second-order valence-electron chi connectivity index (χ2n) is 3.55. The molecule has 0 spiro atoms. The van der Waals surface area contributed by atoms with Gasteiger partial charge < -0.3 is 15.2 Å². The van der Waals surface area contributed by atoms with Gasteiger partial charge in [-0.05, 0) is 12.7 Å². The average Bonchev–Trinajstić information content (AvgIpc) is 2.87. The zero-order valence-electron chi connectivity index (χ0n) is 8.87. The predicted molar refractivity (Wildman–Crippen MR) is 54.0 cm³/mol. The standard InChI is InChI=1S/C10H15N5/c1-2-3-4-14-5-6-15(9-14)7-10-11-8-12-13-10/h5-6,8-9H,2-4,7H2,1H3. The van der Waals surface area contributed by atoms with Crippen molar-refractivity contribution in [3.63, 3.8) is 0 Å². The molecule has 80 valence electrons. The molecule has 0 radical (unpaired) electrons. The van der Waals surface area contributed by atoms with Crippen LogP contribution in [0.3, 0.4) is 0 Å². The topological polar surface area (TPSA) is 48.7 Å². The van der Waals surface area contributed by atoms with Crippen LogP contribution in [-0.4, -0.2) is 14.8 Å². The van der Waals surface area contributed by atoms with E-state index in [4.69, 9.17) is 0 Å². The summed E-state index contributed by atoms with van der Waals surface area (Å²) in [6, 6.07) is 0. The van der Waals surface area contributed by atoms with E-state index in [1.807, 2.05) is 6.20 Å². The highest BCUT2D eigenvalue weighted by Gasteiger charge is 2.02. The number of hydrogen-bond donors (Lipinski definition) is 0. The van der Waals surface area contributed by atoms with Crippen molar-refractivity contribution in [2.75, 3.05) is 0 Å². The maximum absolute atomic E-state index is 4.03. The zero-order chi connectivity index (χ0) is 10.5. The Hall–Kier alpha value is -1.65. The quantitative estimate of drug-likeness (QED) is 0.663. The van der Waals surface area contributed by atoms with Gasteiger partial charge in [0, 0.05) is 5.82 Å². The van der Waals surface area contributed by atoms with E-state index < -0.39 is 0 Å². The van der Waals surface area contributed by atoms with Crippen LogP contribution in [-0.2, 0) is 13.1 Å². The average molecular weight is 205 g/mol. The van der Waals surface area contributed by atoms with Gasteiger partial charge in [0.05, 0.1) is 6.54 Å². The van der Waals surface area contributed by atoms with Crippen molar-refractivity contribution in [3.8, 4) is 0 Å². The number of unbranched alkanes of at least 4 members (excludes halogenated alkanes) is 1. The van der Waals surface area contributed by atoms with Gasteiger partial charge in [-0.25, -0.2) is 9.13 Å². The normalized spacial score (nSPS) is 10.7. The number of rotatable bonds is 5. The second-order valence-corrected chi connectivity index (χ2v) is 3.55. The third-order valence-electron chi connectivity index (χ3n) is 2.27. The molecule has 0 aliphatic heterocycles. The van der Waals surface area contributed by atoms with Crippen molar-refractivity contribution < 1.29 is 4.57 Å². The molecule has 2 heterocycles. The van der Waals surface area contributed by atoms with E-state index in [0.29, 0.717) is 6.54 Å². The third kappa shape index (κ3) is 2.65. The number of aromatic nitrogens is 5. The fraction of sp³-hybridized carbons (Fsp3) is 0.500. The summed E-state index contributed by atoms with van der Waals surface area (Å²) in [4.78, 5) is 4.03. The molecule has 0 atom stereocenters. The summed E-state index contributed by atoms with van der Waals surface area (Å²) >= 11 is 0. The first kappa shape index (κ1) is 9.89. The molecule has 0 N–H and O–H groups in total. The fourth-order valence-corrected chi connectivity index (χ4v) is 1.45. The first-order valence-electron chi connectivity index (χ1n) is 5.22. The highest BCUT2D eigenvalue weighted by molar-refractivity contribution is 4.75. The van der Waals surface area contributed by atoms with E-state index in [9.17, 15) is 0 Å². The summed E-state index contributed by atoms with van der Waals surface area (Å²) < 4.78 is 4.24. The van der Waals surface area contributed by atoms with Crippen molar-refractivity contribution in [1.29, 1.82) is 0 Å². The summed E-state index contributed by atoms with van der Waals surface area (Å²) in [6.45, 7) is 3.96. The van der Waals surface area contributed by atoms with Gasteiger partial charge in [-0.3, -0.25) is 0 Å². The van der Waals surface area contributed by atoms with Crippen LogP contribution in [0.2, 0.25) is 0 Å². The van der Waals surface area contributed by atoms with E-state index in [1.165, 1.54) is 19.2 Å². The first-order chi connectivity index (χ1) is 7.38. The smallest absolute Gasteiger partial charge is 0.244 e. The largest absolute Gasteiger partial charge is 0.366 e. The fourth-order valence-electron chi connectivity index (χ4n) is 1.45. The highest BCUT2D eigenvalue weighted by Crippen LogP contribution is 1.93. The Kier molecular flexibility index (Phi) is 3.11. The van der Waals surface area contributed by atoms with E-state index in [-0.39, 0.29) is 0 Å².